The molecule has 1 aliphatic rings. The molecule has 0 unspecified atom stereocenters. The Kier molecular flexibility index (Phi) is 0.633. The Balaban J connectivity index is 2.58. The summed E-state index contributed by atoms with van der Waals surface area (Å²) in [7, 11) is 0. The van der Waals surface area contributed by atoms with Crippen LogP contribution in [0.3, 0.4) is 0 Å². The van der Waals surface area contributed by atoms with Gasteiger partial charge >= 0.3 is 0 Å². The summed E-state index contributed by atoms with van der Waals surface area (Å²) in [6.07, 6.45) is 3.82. The van der Waals surface area contributed by atoms with Crippen molar-refractivity contribution in [1.29, 1.82) is 0 Å². The van der Waals surface area contributed by atoms with Gasteiger partial charge in [-0.3, -0.25) is 4.79 Å². The molecule has 0 saturated carbocycles. The van der Waals surface area contributed by atoms with Crippen LogP contribution in [0.4, 0.5) is 0 Å². The zero-order chi connectivity index (χ0) is 5.49. The molecule has 0 fully saturated rings. The molecule has 1 nitrogen and oxygen atoms in total. The third kappa shape index (κ3) is 0.581. The van der Waals surface area contributed by atoms with Gasteiger partial charge in [-0.25, -0.2) is 0 Å². The van der Waals surface area contributed by atoms with Gasteiger partial charge in [0.15, 0.2) is 0 Å². The van der Waals surface area contributed by atoms with Gasteiger partial charge in [0.2, 0.25) is 0 Å². The summed E-state index contributed by atoms with van der Waals surface area (Å²) in [4.78, 5) is 10.5. The summed E-state index contributed by atoms with van der Waals surface area (Å²) in [6.45, 7) is 3.52. The van der Waals surface area contributed by atoms with Crippen molar-refractivity contribution in [2.75, 3.05) is 0 Å². The largest absolute Gasteiger partial charge is 0.299 e. The van der Waals surface area contributed by atoms with E-state index in [4.69, 9.17) is 0 Å². The van der Waals surface area contributed by atoms with Crippen molar-refractivity contribution >= 4 is 5.78 Å². The van der Waals surface area contributed by atoms with Crippen molar-refractivity contribution in [3.63, 3.8) is 0 Å². The van der Waals surface area contributed by atoms with Gasteiger partial charge in [-0.1, -0.05) is 12.2 Å². The molecule has 0 aromatic heterocycles. The minimum Gasteiger partial charge on any atom is -0.299 e. The number of hydrogen-bond acceptors (Lipinski definition) is 1. The molecule has 0 amide bonds. The molecule has 1 rings (SSSR count). The lowest BCUT2D eigenvalue weighted by atomic mass is 10.0. The van der Waals surface area contributed by atoms with Crippen LogP contribution in [0.15, 0.2) is 12.2 Å². The molecule has 0 spiro atoms. The fourth-order valence-electron chi connectivity index (χ4n) is 0.360. The maximum atomic E-state index is 10.5. The molecule has 1 heteroatoms. The molecule has 0 N–H and O–H groups in total. The average Bonchev–Trinajstić information content (AvgIpc) is 2.21. The second kappa shape index (κ2) is 0.971. The average molecular weight is 96.1 g/mol. The van der Waals surface area contributed by atoms with Crippen molar-refractivity contribution in [1.82, 2.24) is 0 Å². The molecular formula is C6H8O. The third-order valence-electron chi connectivity index (χ3n) is 1.43. The van der Waals surface area contributed by atoms with Crippen LogP contribution >= 0.6 is 0 Å². The predicted molar refractivity (Wildman–Crippen MR) is 27.9 cm³/mol. The standard InChI is InChI=1S/C6H8O/c1-5(7)6(2)3-4-6/h3-4H,1-2H3. The Morgan fingerprint density at radius 2 is 2.00 bits per heavy atom. The number of rotatable bonds is 1. The van der Waals surface area contributed by atoms with Crippen LogP contribution in [-0.2, 0) is 4.79 Å². The zero-order valence-corrected chi connectivity index (χ0v) is 4.56. The lowest BCUT2D eigenvalue weighted by molar-refractivity contribution is -0.120. The van der Waals surface area contributed by atoms with E-state index in [1.807, 2.05) is 19.1 Å². The molecule has 0 bridgehead atoms. The topological polar surface area (TPSA) is 17.1 Å². The normalized spacial score (nSPS) is 22.0. The number of carbonyl (C=O) groups excluding carboxylic acids is 1. The minimum atomic E-state index is -0.139. The second-order valence-corrected chi connectivity index (χ2v) is 2.17. The molecule has 38 valence electrons. The van der Waals surface area contributed by atoms with Crippen molar-refractivity contribution in [3.8, 4) is 0 Å². The van der Waals surface area contributed by atoms with Crippen LogP contribution in [0.2, 0.25) is 0 Å². The van der Waals surface area contributed by atoms with Crippen LogP contribution in [0.25, 0.3) is 0 Å². The van der Waals surface area contributed by atoms with E-state index >= 15 is 0 Å². The lowest BCUT2D eigenvalue weighted by Crippen LogP contribution is -2.07. The quantitative estimate of drug-likeness (QED) is 0.447. The van der Waals surface area contributed by atoms with Gasteiger partial charge in [-0.05, 0) is 13.8 Å². The van der Waals surface area contributed by atoms with Crippen molar-refractivity contribution in [2.45, 2.75) is 13.8 Å². The summed E-state index contributed by atoms with van der Waals surface area (Å²) in [6, 6.07) is 0. The van der Waals surface area contributed by atoms with E-state index in [0.29, 0.717) is 0 Å². The van der Waals surface area contributed by atoms with Crippen LogP contribution in [0.1, 0.15) is 13.8 Å². The number of allylic oxidation sites excluding steroid dienone is 2. The molecule has 0 heterocycles. The van der Waals surface area contributed by atoms with E-state index in [1.165, 1.54) is 0 Å². The number of Topliss-reactive ketones (excluding diaryl/α,β-unsaturated/α-hetero) is 1. The molecule has 0 saturated heterocycles. The molecule has 0 aliphatic heterocycles. The molecule has 1 aliphatic carbocycles. The van der Waals surface area contributed by atoms with Crippen molar-refractivity contribution < 1.29 is 4.79 Å². The molecular weight excluding hydrogens is 88.1 g/mol. The first-order valence-electron chi connectivity index (χ1n) is 2.36. The molecule has 0 radical (unpaired) electrons. The minimum absolute atomic E-state index is 0.139. The van der Waals surface area contributed by atoms with Gasteiger partial charge < -0.3 is 0 Å². The van der Waals surface area contributed by atoms with Crippen molar-refractivity contribution in [3.05, 3.63) is 12.2 Å². The fraction of sp³-hybridized carbons (Fsp3) is 0.500. The van der Waals surface area contributed by atoms with Crippen LogP contribution < -0.4 is 0 Å². The molecule has 0 atom stereocenters. The van der Waals surface area contributed by atoms with E-state index in [1.54, 1.807) is 6.92 Å². The summed E-state index contributed by atoms with van der Waals surface area (Å²) >= 11 is 0. The maximum absolute atomic E-state index is 10.5. The molecule has 0 aromatic rings. The Bertz CT molecular complexity index is 127. The van der Waals surface area contributed by atoms with Crippen LogP contribution in [-0.4, -0.2) is 5.78 Å². The Morgan fingerprint density at radius 1 is 1.57 bits per heavy atom. The number of carbonyl (C=O) groups is 1. The summed E-state index contributed by atoms with van der Waals surface area (Å²) < 4.78 is 0. The first kappa shape index (κ1) is 4.57. The highest BCUT2D eigenvalue weighted by atomic mass is 16.1. The predicted octanol–water partition coefficient (Wildman–Crippen LogP) is 1.15. The Labute approximate surface area is 43.0 Å². The number of hydrogen-bond donors (Lipinski definition) is 0. The highest BCUT2D eigenvalue weighted by molar-refractivity contribution is 5.90. The highest BCUT2D eigenvalue weighted by Crippen LogP contribution is 2.33. The van der Waals surface area contributed by atoms with Gasteiger partial charge in [-0.2, -0.15) is 0 Å². The third-order valence-corrected chi connectivity index (χ3v) is 1.43. The van der Waals surface area contributed by atoms with E-state index in [0.717, 1.165) is 0 Å². The first-order chi connectivity index (χ1) is 3.15. The van der Waals surface area contributed by atoms with Gasteiger partial charge in [-0.15, -0.1) is 0 Å². The van der Waals surface area contributed by atoms with E-state index in [9.17, 15) is 4.79 Å². The second-order valence-electron chi connectivity index (χ2n) is 2.17. The van der Waals surface area contributed by atoms with Gasteiger partial charge in [0.1, 0.15) is 5.78 Å². The van der Waals surface area contributed by atoms with E-state index < -0.39 is 0 Å². The number of ketones is 1. The lowest BCUT2D eigenvalue weighted by Gasteiger charge is -1.98. The maximum Gasteiger partial charge on any atom is 0.143 e. The van der Waals surface area contributed by atoms with Crippen LogP contribution in [0.5, 0.6) is 0 Å². The van der Waals surface area contributed by atoms with E-state index in [-0.39, 0.29) is 11.2 Å². The zero-order valence-electron chi connectivity index (χ0n) is 4.56. The highest BCUT2D eigenvalue weighted by Gasteiger charge is 2.32. The van der Waals surface area contributed by atoms with Gasteiger partial charge in [0.25, 0.3) is 0 Å². The fourth-order valence-corrected chi connectivity index (χ4v) is 0.360. The van der Waals surface area contributed by atoms with Gasteiger partial charge in [0, 0.05) is 0 Å². The Morgan fingerprint density at radius 3 is 2.00 bits per heavy atom. The SMILES string of the molecule is CC(=O)C1(C)C=C1. The van der Waals surface area contributed by atoms with Gasteiger partial charge in [0.05, 0.1) is 5.41 Å². The van der Waals surface area contributed by atoms with Crippen LogP contribution in [0, 0.1) is 5.41 Å². The van der Waals surface area contributed by atoms with E-state index in [2.05, 4.69) is 0 Å². The summed E-state index contributed by atoms with van der Waals surface area (Å²) in [5.41, 5.74) is -0.139. The first-order valence-corrected chi connectivity index (χ1v) is 2.36. The summed E-state index contributed by atoms with van der Waals surface area (Å²) in [5, 5.41) is 0. The molecule has 0 aromatic carbocycles. The smallest absolute Gasteiger partial charge is 0.143 e. The van der Waals surface area contributed by atoms with Crippen molar-refractivity contribution in [2.24, 2.45) is 5.41 Å². The Hall–Kier alpha value is -0.590. The monoisotopic (exact) mass is 96.1 g/mol. The summed E-state index contributed by atoms with van der Waals surface area (Å²) in [5.74, 6) is 0.243. The molecule has 7 heavy (non-hydrogen) atoms.